The van der Waals surface area contributed by atoms with Crippen molar-refractivity contribution in [1.29, 1.82) is 0 Å². The van der Waals surface area contributed by atoms with E-state index >= 15 is 0 Å². The third kappa shape index (κ3) is 19.4. The number of carboxylic acids is 3. The molecule has 0 aliphatic heterocycles. The lowest BCUT2D eigenvalue weighted by Crippen LogP contribution is -2.32. The Morgan fingerprint density at radius 2 is 1.03 bits per heavy atom. The smallest absolute Gasteiger partial charge is 0.320 e. The summed E-state index contributed by atoms with van der Waals surface area (Å²) in [4.78, 5) is 30.7. The molecular weight excluding hydrogens is 418 g/mol. The monoisotopic (exact) mass is 457 g/mol. The van der Waals surface area contributed by atoms with Gasteiger partial charge in [-0.1, -0.05) is 43.2 Å². The van der Waals surface area contributed by atoms with E-state index in [0.29, 0.717) is 32.4 Å². The number of hydrogen-bond donors (Lipinski definition) is 8. The summed E-state index contributed by atoms with van der Waals surface area (Å²) in [6.07, 6.45) is 4.71. The SMILES string of the molecule is NC(Cc1ccccc1)C(=O)O.NCCCCC(N)C(=O)O.NCCCCC(N)C(=O)O. The van der Waals surface area contributed by atoms with E-state index < -0.39 is 36.0 Å². The Morgan fingerprint density at radius 3 is 1.34 bits per heavy atom. The highest BCUT2D eigenvalue weighted by Crippen LogP contribution is 2.01. The first-order valence-corrected chi connectivity index (χ1v) is 10.5. The van der Waals surface area contributed by atoms with Gasteiger partial charge < -0.3 is 44.0 Å². The molecule has 0 saturated carbocycles. The van der Waals surface area contributed by atoms with E-state index in [1.807, 2.05) is 30.3 Å². The number of rotatable bonds is 13. The molecule has 0 aromatic heterocycles. The van der Waals surface area contributed by atoms with Gasteiger partial charge in [-0.25, -0.2) is 0 Å². The minimum absolute atomic E-state index is 0.385. The molecule has 1 aromatic rings. The fourth-order valence-corrected chi connectivity index (χ4v) is 2.22. The Balaban J connectivity index is 0. The van der Waals surface area contributed by atoms with E-state index in [1.54, 1.807) is 0 Å². The summed E-state index contributed by atoms with van der Waals surface area (Å²) in [7, 11) is 0. The van der Waals surface area contributed by atoms with E-state index in [-0.39, 0.29) is 0 Å². The molecule has 0 heterocycles. The first-order valence-electron chi connectivity index (χ1n) is 10.5. The number of unbranched alkanes of at least 4 members (excludes halogenated alkanes) is 2. The van der Waals surface area contributed by atoms with Crippen molar-refractivity contribution in [1.82, 2.24) is 0 Å². The van der Waals surface area contributed by atoms with Crippen LogP contribution in [0, 0.1) is 0 Å². The minimum atomic E-state index is -0.959. The molecule has 0 fully saturated rings. The molecule has 32 heavy (non-hydrogen) atoms. The van der Waals surface area contributed by atoms with Crippen LogP contribution < -0.4 is 28.7 Å². The summed E-state index contributed by atoms with van der Waals surface area (Å²) in [5.41, 5.74) is 27.1. The lowest BCUT2D eigenvalue weighted by atomic mass is 10.1. The van der Waals surface area contributed by atoms with Crippen molar-refractivity contribution in [3.05, 3.63) is 35.9 Å². The Morgan fingerprint density at radius 1 is 0.656 bits per heavy atom. The lowest BCUT2D eigenvalue weighted by molar-refractivity contribution is -0.139. The highest BCUT2D eigenvalue weighted by atomic mass is 16.4. The summed E-state index contributed by atoms with van der Waals surface area (Å²) in [5, 5.41) is 25.2. The summed E-state index contributed by atoms with van der Waals surface area (Å²) in [6.45, 7) is 1.21. The maximum Gasteiger partial charge on any atom is 0.320 e. The van der Waals surface area contributed by atoms with Crippen molar-refractivity contribution < 1.29 is 29.7 Å². The van der Waals surface area contributed by atoms with Crippen molar-refractivity contribution in [2.24, 2.45) is 28.7 Å². The zero-order valence-corrected chi connectivity index (χ0v) is 18.4. The van der Waals surface area contributed by atoms with Crippen molar-refractivity contribution in [2.45, 2.75) is 63.1 Å². The number of hydrogen-bond acceptors (Lipinski definition) is 8. The lowest BCUT2D eigenvalue weighted by Gasteiger charge is -2.04. The normalized spacial score (nSPS) is 12.8. The van der Waals surface area contributed by atoms with E-state index in [0.717, 1.165) is 31.2 Å². The zero-order chi connectivity index (χ0) is 24.9. The molecule has 184 valence electrons. The topological polar surface area (TPSA) is 242 Å². The van der Waals surface area contributed by atoms with Crippen LogP contribution in [0.4, 0.5) is 0 Å². The third-order valence-electron chi connectivity index (χ3n) is 4.19. The van der Waals surface area contributed by atoms with E-state index in [9.17, 15) is 14.4 Å². The molecule has 0 amide bonds. The van der Waals surface area contributed by atoms with E-state index in [2.05, 4.69) is 0 Å². The molecule has 3 atom stereocenters. The fraction of sp³-hybridized carbons (Fsp3) is 0.571. The van der Waals surface area contributed by atoms with E-state index in [1.165, 1.54) is 0 Å². The number of carbonyl (C=O) groups is 3. The summed E-state index contributed by atoms with van der Waals surface area (Å²) in [5.74, 6) is -2.83. The molecular formula is C21H39N5O6. The van der Waals surface area contributed by atoms with Crippen LogP contribution in [0.25, 0.3) is 0 Å². The molecule has 11 heteroatoms. The standard InChI is InChI=1S/C9H11NO2.2C6H14N2O2/c10-8(9(11)12)6-7-4-2-1-3-5-7;2*7-4-2-1-3-5(8)6(9)10/h1-5,8H,6,10H2,(H,11,12);2*5H,1-4,7-8H2,(H,9,10). The van der Waals surface area contributed by atoms with Gasteiger partial charge in [0.1, 0.15) is 18.1 Å². The molecule has 11 nitrogen and oxygen atoms in total. The van der Waals surface area contributed by atoms with Gasteiger partial charge in [0.2, 0.25) is 0 Å². The predicted octanol–water partition coefficient (Wildman–Crippen LogP) is -0.304. The maximum absolute atomic E-state index is 10.4. The molecule has 0 radical (unpaired) electrons. The van der Waals surface area contributed by atoms with Crippen LogP contribution in [-0.4, -0.2) is 64.4 Å². The quantitative estimate of drug-likeness (QED) is 0.179. The van der Waals surface area contributed by atoms with Crippen LogP contribution in [0.1, 0.15) is 44.1 Å². The van der Waals surface area contributed by atoms with Crippen LogP contribution in [-0.2, 0) is 20.8 Å². The van der Waals surface area contributed by atoms with Gasteiger partial charge in [-0.3, -0.25) is 14.4 Å². The molecule has 0 bridgehead atoms. The first-order chi connectivity index (χ1) is 15.1. The average Bonchev–Trinajstić information content (AvgIpc) is 2.75. The Hall–Kier alpha value is -2.57. The first kappa shape index (κ1) is 31.6. The number of aliphatic carboxylic acids is 3. The van der Waals surface area contributed by atoms with Crippen LogP contribution in [0.3, 0.4) is 0 Å². The summed E-state index contributed by atoms with van der Waals surface area (Å²) in [6, 6.07) is 7.11. The summed E-state index contributed by atoms with van der Waals surface area (Å²) < 4.78 is 0. The molecule has 3 unspecified atom stereocenters. The average molecular weight is 458 g/mol. The van der Waals surface area contributed by atoms with Crippen LogP contribution in [0.2, 0.25) is 0 Å². The van der Waals surface area contributed by atoms with Crippen molar-refractivity contribution >= 4 is 17.9 Å². The van der Waals surface area contributed by atoms with Gasteiger partial charge >= 0.3 is 17.9 Å². The van der Waals surface area contributed by atoms with Crippen molar-refractivity contribution in [3.8, 4) is 0 Å². The second-order valence-corrected chi connectivity index (χ2v) is 7.09. The molecule has 1 rings (SSSR count). The fourth-order valence-electron chi connectivity index (χ4n) is 2.22. The second kappa shape index (κ2) is 20.3. The molecule has 1 aromatic carbocycles. The van der Waals surface area contributed by atoms with Crippen LogP contribution >= 0.6 is 0 Å². The van der Waals surface area contributed by atoms with Crippen molar-refractivity contribution in [3.63, 3.8) is 0 Å². The molecule has 0 spiro atoms. The number of carboxylic acid groups (broad SMARTS) is 3. The van der Waals surface area contributed by atoms with Gasteiger partial charge in [-0.2, -0.15) is 0 Å². The Bertz CT molecular complexity index is 606. The summed E-state index contributed by atoms with van der Waals surface area (Å²) >= 11 is 0. The van der Waals surface area contributed by atoms with Crippen LogP contribution in [0.5, 0.6) is 0 Å². The molecule has 0 saturated heterocycles. The van der Waals surface area contributed by atoms with Crippen LogP contribution in [0.15, 0.2) is 30.3 Å². The highest BCUT2D eigenvalue weighted by Gasteiger charge is 2.11. The molecule has 0 aliphatic rings. The molecule has 0 aliphatic carbocycles. The zero-order valence-electron chi connectivity index (χ0n) is 18.4. The Labute approximate surface area is 188 Å². The second-order valence-electron chi connectivity index (χ2n) is 7.09. The van der Waals surface area contributed by atoms with E-state index in [4.69, 9.17) is 44.0 Å². The highest BCUT2D eigenvalue weighted by molar-refractivity contribution is 5.73. The van der Waals surface area contributed by atoms with Gasteiger partial charge in [0.05, 0.1) is 0 Å². The van der Waals surface area contributed by atoms with Gasteiger partial charge in [0, 0.05) is 0 Å². The van der Waals surface area contributed by atoms with Gasteiger partial charge in [0.25, 0.3) is 0 Å². The molecule has 13 N–H and O–H groups in total. The minimum Gasteiger partial charge on any atom is -0.480 e. The van der Waals surface area contributed by atoms with Gasteiger partial charge in [-0.05, 0) is 50.8 Å². The predicted molar refractivity (Wildman–Crippen MR) is 123 cm³/mol. The largest absolute Gasteiger partial charge is 0.480 e. The number of nitrogens with two attached hydrogens (primary N) is 5. The van der Waals surface area contributed by atoms with Gasteiger partial charge in [0.15, 0.2) is 0 Å². The number of benzene rings is 1. The maximum atomic E-state index is 10.4. The van der Waals surface area contributed by atoms with Gasteiger partial charge in [-0.15, -0.1) is 0 Å². The Kier molecular flexibility index (Phi) is 20.1. The van der Waals surface area contributed by atoms with Crippen molar-refractivity contribution in [2.75, 3.05) is 13.1 Å². The third-order valence-corrected chi connectivity index (χ3v) is 4.19.